The molecule has 7 heteroatoms. The number of aromatic nitrogens is 1. The summed E-state index contributed by atoms with van der Waals surface area (Å²) in [6.45, 7) is 3.23. The molecular weight excluding hydrogens is 281 g/mol. The lowest BCUT2D eigenvalue weighted by Crippen LogP contribution is -2.16. The van der Waals surface area contributed by atoms with Crippen LogP contribution in [0.5, 0.6) is 0 Å². The van der Waals surface area contributed by atoms with E-state index in [1.165, 1.54) is 19.2 Å². The van der Waals surface area contributed by atoms with E-state index in [4.69, 9.17) is 5.73 Å². The van der Waals surface area contributed by atoms with Gasteiger partial charge in [0, 0.05) is 11.9 Å². The van der Waals surface area contributed by atoms with Crippen molar-refractivity contribution in [3.05, 3.63) is 47.5 Å². The Hall–Kier alpha value is -2.15. The standard InChI is InChI=1S/C13H14FN3O2S/c1-8-3-11(7-16-6-8)17-20(18,19)12-5-10(15)4-9(2)13(12)14/h3-7,17H,15H2,1-2H3. The molecule has 2 aromatic rings. The summed E-state index contributed by atoms with van der Waals surface area (Å²) in [6.07, 6.45) is 2.94. The number of hydrogen-bond donors (Lipinski definition) is 2. The van der Waals surface area contributed by atoms with Crippen molar-refractivity contribution >= 4 is 21.4 Å². The van der Waals surface area contributed by atoms with Crippen LogP contribution in [0, 0.1) is 19.7 Å². The molecule has 3 N–H and O–H groups in total. The van der Waals surface area contributed by atoms with Gasteiger partial charge in [0.05, 0.1) is 11.9 Å². The average Bonchev–Trinajstić information content (AvgIpc) is 2.33. The first-order chi connectivity index (χ1) is 9.29. The highest BCUT2D eigenvalue weighted by atomic mass is 32.2. The number of nitrogens with one attached hydrogen (secondary N) is 1. The molecule has 0 amide bonds. The SMILES string of the molecule is Cc1cncc(NS(=O)(=O)c2cc(N)cc(C)c2F)c1. The molecule has 0 radical (unpaired) electrons. The van der Waals surface area contributed by atoms with Gasteiger partial charge in [-0.1, -0.05) is 0 Å². The van der Waals surface area contributed by atoms with E-state index in [2.05, 4.69) is 9.71 Å². The van der Waals surface area contributed by atoms with Crippen LogP contribution in [-0.2, 0) is 10.0 Å². The van der Waals surface area contributed by atoms with Crippen LogP contribution in [0.4, 0.5) is 15.8 Å². The number of nitrogens with two attached hydrogens (primary N) is 1. The van der Waals surface area contributed by atoms with Crippen LogP contribution in [0.25, 0.3) is 0 Å². The van der Waals surface area contributed by atoms with Gasteiger partial charge in [-0.3, -0.25) is 9.71 Å². The summed E-state index contributed by atoms with van der Waals surface area (Å²) in [5.74, 6) is -0.813. The van der Waals surface area contributed by atoms with Crippen LogP contribution in [-0.4, -0.2) is 13.4 Å². The van der Waals surface area contributed by atoms with Crippen molar-refractivity contribution in [1.29, 1.82) is 0 Å². The second-order valence-corrected chi connectivity index (χ2v) is 6.16. The van der Waals surface area contributed by atoms with E-state index in [-0.39, 0.29) is 16.9 Å². The first-order valence-electron chi connectivity index (χ1n) is 5.80. The zero-order chi connectivity index (χ0) is 14.9. The normalized spacial score (nSPS) is 11.3. The van der Waals surface area contributed by atoms with E-state index in [0.29, 0.717) is 0 Å². The summed E-state index contributed by atoms with van der Waals surface area (Å²) in [5, 5.41) is 0. The molecule has 2 rings (SSSR count). The van der Waals surface area contributed by atoms with E-state index in [1.807, 2.05) is 0 Å². The number of halogens is 1. The molecular formula is C13H14FN3O2S. The van der Waals surface area contributed by atoms with E-state index < -0.39 is 20.7 Å². The van der Waals surface area contributed by atoms with Gasteiger partial charge in [-0.2, -0.15) is 0 Å². The van der Waals surface area contributed by atoms with Crippen LogP contribution < -0.4 is 10.5 Å². The van der Waals surface area contributed by atoms with Crippen LogP contribution in [0.1, 0.15) is 11.1 Å². The zero-order valence-corrected chi connectivity index (χ0v) is 11.8. The Kier molecular flexibility index (Phi) is 3.63. The number of hydrogen-bond acceptors (Lipinski definition) is 4. The lowest BCUT2D eigenvalue weighted by atomic mass is 10.2. The number of pyridine rings is 1. The number of rotatable bonds is 3. The third kappa shape index (κ3) is 2.88. The highest BCUT2D eigenvalue weighted by Crippen LogP contribution is 2.23. The number of aryl methyl sites for hydroxylation is 2. The number of nitrogen functional groups attached to an aromatic ring is 1. The van der Waals surface area contributed by atoms with Gasteiger partial charge in [0.25, 0.3) is 10.0 Å². The molecule has 1 aromatic carbocycles. The molecule has 0 unspecified atom stereocenters. The minimum absolute atomic E-state index is 0.174. The van der Waals surface area contributed by atoms with E-state index in [1.54, 1.807) is 19.2 Å². The van der Waals surface area contributed by atoms with Crippen molar-refractivity contribution < 1.29 is 12.8 Å². The van der Waals surface area contributed by atoms with E-state index in [0.717, 1.165) is 11.6 Å². The first-order valence-corrected chi connectivity index (χ1v) is 7.28. The highest BCUT2D eigenvalue weighted by Gasteiger charge is 2.21. The topological polar surface area (TPSA) is 85.1 Å². The van der Waals surface area contributed by atoms with Crippen LogP contribution in [0.15, 0.2) is 35.5 Å². The van der Waals surface area contributed by atoms with Gasteiger partial charge in [-0.05, 0) is 43.2 Å². The van der Waals surface area contributed by atoms with Crippen LogP contribution in [0.3, 0.4) is 0 Å². The summed E-state index contributed by atoms with van der Waals surface area (Å²) in [4.78, 5) is 3.40. The quantitative estimate of drug-likeness (QED) is 0.850. The molecule has 1 heterocycles. The Morgan fingerprint density at radius 3 is 2.55 bits per heavy atom. The van der Waals surface area contributed by atoms with Gasteiger partial charge in [-0.25, -0.2) is 12.8 Å². The highest BCUT2D eigenvalue weighted by molar-refractivity contribution is 7.92. The van der Waals surface area contributed by atoms with Crippen molar-refractivity contribution in [3.8, 4) is 0 Å². The van der Waals surface area contributed by atoms with Gasteiger partial charge in [0.15, 0.2) is 0 Å². The summed E-state index contributed by atoms with van der Waals surface area (Å²) in [7, 11) is -4.05. The molecule has 0 bridgehead atoms. The average molecular weight is 295 g/mol. The molecule has 0 aliphatic heterocycles. The van der Waals surface area contributed by atoms with Gasteiger partial charge in [0.2, 0.25) is 0 Å². The van der Waals surface area contributed by atoms with Crippen molar-refractivity contribution in [1.82, 2.24) is 4.98 Å². The molecule has 0 saturated carbocycles. The predicted molar refractivity (Wildman–Crippen MR) is 75.3 cm³/mol. The molecule has 0 fully saturated rings. The van der Waals surface area contributed by atoms with Gasteiger partial charge in [0.1, 0.15) is 10.7 Å². The Labute approximate surface area is 116 Å². The maximum atomic E-state index is 14.0. The summed E-state index contributed by atoms with van der Waals surface area (Å²) >= 11 is 0. The fourth-order valence-corrected chi connectivity index (χ4v) is 3.00. The molecule has 0 spiro atoms. The molecule has 5 nitrogen and oxygen atoms in total. The van der Waals surface area contributed by atoms with E-state index in [9.17, 15) is 12.8 Å². The van der Waals surface area contributed by atoms with Gasteiger partial charge in [-0.15, -0.1) is 0 Å². The predicted octanol–water partition coefficient (Wildman–Crippen LogP) is 2.22. The monoisotopic (exact) mass is 295 g/mol. The Morgan fingerprint density at radius 2 is 1.90 bits per heavy atom. The Morgan fingerprint density at radius 1 is 1.20 bits per heavy atom. The lowest BCUT2D eigenvalue weighted by molar-refractivity contribution is 0.565. The molecule has 106 valence electrons. The fourth-order valence-electron chi connectivity index (χ4n) is 1.78. The maximum Gasteiger partial charge on any atom is 0.264 e. The fraction of sp³-hybridized carbons (Fsp3) is 0.154. The van der Waals surface area contributed by atoms with Crippen LogP contribution >= 0.6 is 0 Å². The third-order valence-electron chi connectivity index (χ3n) is 2.66. The lowest BCUT2D eigenvalue weighted by Gasteiger charge is -2.11. The number of anilines is 2. The maximum absolute atomic E-state index is 14.0. The molecule has 0 aliphatic rings. The minimum Gasteiger partial charge on any atom is -0.399 e. The summed E-state index contributed by atoms with van der Waals surface area (Å²) in [5.41, 5.74) is 6.99. The molecule has 0 saturated heterocycles. The largest absolute Gasteiger partial charge is 0.399 e. The van der Waals surface area contributed by atoms with Crippen LogP contribution in [0.2, 0.25) is 0 Å². The molecule has 0 atom stereocenters. The van der Waals surface area contributed by atoms with Crippen molar-refractivity contribution in [3.63, 3.8) is 0 Å². The smallest absolute Gasteiger partial charge is 0.264 e. The Balaban J connectivity index is 2.46. The second-order valence-electron chi connectivity index (χ2n) is 4.51. The molecule has 20 heavy (non-hydrogen) atoms. The van der Waals surface area contributed by atoms with Gasteiger partial charge < -0.3 is 5.73 Å². The number of nitrogens with zero attached hydrogens (tertiary/aromatic N) is 1. The minimum atomic E-state index is -4.05. The number of sulfonamides is 1. The second kappa shape index (κ2) is 5.09. The summed E-state index contributed by atoms with van der Waals surface area (Å²) < 4.78 is 40.7. The summed E-state index contributed by atoms with van der Waals surface area (Å²) in [6, 6.07) is 4.07. The van der Waals surface area contributed by atoms with Crippen molar-refractivity contribution in [2.45, 2.75) is 18.7 Å². The molecule has 1 aromatic heterocycles. The zero-order valence-electron chi connectivity index (χ0n) is 11.0. The third-order valence-corrected chi connectivity index (χ3v) is 4.04. The van der Waals surface area contributed by atoms with Crippen molar-refractivity contribution in [2.24, 2.45) is 0 Å². The molecule has 0 aliphatic carbocycles. The number of benzene rings is 1. The van der Waals surface area contributed by atoms with Gasteiger partial charge >= 0.3 is 0 Å². The first kappa shape index (κ1) is 14.3. The van der Waals surface area contributed by atoms with Crippen molar-refractivity contribution in [2.75, 3.05) is 10.5 Å². The Bertz CT molecular complexity index is 760. The van der Waals surface area contributed by atoms with E-state index >= 15 is 0 Å².